The second kappa shape index (κ2) is 13.3. The molecule has 1 aromatic heterocycles. The van der Waals surface area contributed by atoms with Crippen molar-refractivity contribution in [2.75, 3.05) is 44.4 Å². The van der Waals surface area contributed by atoms with Gasteiger partial charge in [0.1, 0.15) is 5.69 Å². The predicted octanol–water partition coefficient (Wildman–Crippen LogP) is 2.87. The summed E-state index contributed by atoms with van der Waals surface area (Å²) in [5, 5.41) is 14.9. The van der Waals surface area contributed by atoms with Crippen LogP contribution in [0.1, 0.15) is 32.8 Å². The van der Waals surface area contributed by atoms with Gasteiger partial charge in [0.2, 0.25) is 15.9 Å². The van der Waals surface area contributed by atoms with Gasteiger partial charge in [-0.05, 0) is 57.3 Å². The second-order valence-corrected chi connectivity index (χ2v) is 12.4. The van der Waals surface area contributed by atoms with Gasteiger partial charge in [-0.3, -0.25) is 19.5 Å². The van der Waals surface area contributed by atoms with Crippen LogP contribution in [0.3, 0.4) is 0 Å². The molecule has 4 N–H and O–H groups in total. The van der Waals surface area contributed by atoms with Gasteiger partial charge in [0.15, 0.2) is 0 Å². The smallest absolute Gasteiger partial charge is 0.271 e. The van der Waals surface area contributed by atoms with Gasteiger partial charge in [0.05, 0.1) is 27.4 Å². The fourth-order valence-corrected chi connectivity index (χ4v) is 6.27. The van der Waals surface area contributed by atoms with E-state index in [4.69, 9.17) is 11.6 Å². The summed E-state index contributed by atoms with van der Waals surface area (Å²) in [5.74, 6) is -1.41. The predicted molar refractivity (Wildman–Crippen MR) is 160 cm³/mol. The lowest BCUT2D eigenvalue weighted by Gasteiger charge is -2.18. The highest BCUT2D eigenvalue weighted by molar-refractivity contribution is 7.89. The molecule has 222 valence electrons. The Kier molecular flexibility index (Phi) is 9.78. The van der Waals surface area contributed by atoms with Crippen LogP contribution in [0.5, 0.6) is 0 Å². The van der Waals surface area contributed by atoms with Crippen LogP contribution in [-0.2, 0) is 14.8 Å². The van der Waals surface area contributed by atoms with E-state index in [0.717, 1.165) is 0 Å². The highest BCUT2D eigenvalue weighted by atomic mass is 35.5. The molecule has 3 aromatic rings. The van der Waals surface area contributed by atoms with E-state index in [1.807, 2.05) is 19.0 Å². The minimum Gasteiger partial charge on any atom is -0.347 e. The number of benzene rings is 2. The third-order valence-electron chi connectivity index (χ3n) is 6.53. The number of aryl methyl sites for hydroxylation is 1. The lowest BCUT2D eigenvalue weighted by atomic mass is 10.1. The number of nitrogens with zero attached hydrogens (tertiary/aromatic N) is 3. The zero-order valence-corrected chi connectivity index (χ0v) is 24.9. The number of amides is 3. The maximum atomic E-state index is 13.4. The van der Waals surface area contributed by atoms with E-state index in [1.54, 1.807) is 43.3 Å². The minimum atomic E-state index is -3.89. The van der Waals surface area contributed by atoms with Crippen molar-refractivity contribution in [3.63, 3.8) is 0 Å². The van der Waals surface area contributed by atoms with Crippen molar-refractivity contribution in [1.82, 2.24) is 24.7 Å². The molecule has 3 amide bonds. The topological polar surface area (TPSA) is 157 Å². The Labute approximate surface area is 249 Å². The van der Waals surface area contributed by atoms with Crippen molar-refractivity contribution >= 4 is 50.7 Å². The Bertz CT molecular complexity index is 1600. The number of hydrogen-bond donors (Lipinski definition) is 4. The monoisotopic (exact) mass is 613 g/mol. The summed E-state index contributed by atoms with van der Waals surface area (Å²) in [6.45, 7) is 2.58. The largest absolute Gasteiger partial charge is 0.347 e. The van der Waals surface area contributed by atoms with E-state index >= 15 is 0 Å². The molecule has 12 nitrogen and oxygen atoms in total. The third kappa shape index (κ3) is 7.42. The molecule has 0 bridgehead atoms. The lowest BCUT2D eigenvalue weighted by Crippen LogP contribution is -2.39. The van der Waals surface area contributed by atoms with Crippen LogP contribution in [0.2, 0.25) is 5.02 Å². The van der Waals surface area contributed by atoms with Crippen molar-refractivity contribution in [2.45, 2.75) is 24.3 Å². The molecule has 14 heteroatoms. The number of anilines is 2. The molecule has 1 aliphatic heterocycles. The van der Waals surface area contributed by atoms with Crippen LogP contribution in [0.15, 0.2) is 65.7 Å². The molecule has 0 unspecified atom stereocenters. The number of halogens is 1. The fraction of sp³-hybridized carbons (Fsp3) is 0.286. The highest BCUT2D eigenvalue weighted by Crippen LogP contribution is 2.25. The number of carbonyl (C=O) groups is 3. The number of aromatic amines is 1. The first-order chi connectivity index (χ1) is 20.0. The number of hydrogen-bond acceptors (Lipinski definition) is 7. The molecular formula is C28H32ClN7O5S. The van der Waals surface area contributed by atoms with Crippen molar-refractivity contribution in [3.05, 3.63) is 82.7 Å². The fourth-order valence-electron chi connectivity index (χ4n) is 4.42. The van der Waals surface area contributed by atoms with Crippen LogP contribution in [-0.4, -0.2) is 85.3 Å². The first-order valence-electron chi connectivity index (χ1n) is 13.1. The Morgan fingerprint density at radius 2 is 1.90 bits per heavy atom. The van der Waals surface area contributed by atoms with E-state index in [0.29, 0.717) is 24.2 Å². The average molecular weight is 614 g/mol. The zero-order valence-electron chi connectivity index (χ0n) is 23.3. The SMILES string of the molecule is Cc1cccc(Cl)c1C(=O)Nc1cn[nH]c1C(=O)N[C@H]1CCN(S(=O)(=O)c2cccc(NC(=O)/C=C/CN(C)C)c2)C1. The van der Waals surface area contributed by atoms with Gasteiger partial charge >= 0.3 is 0 Å². The molecule has 1 atom stereocenters. The number of likely N-dealkylation sites (N-methyl/N-ethyl adjacent to an activating group) is 1. The van der Waals surface area contributed by atoms with E-state index in [-0.39, 0.29) is 45.9 Å². The Balaban J connectivity index is 1.38. The molecule has 1 saturated heterocycles. The van der Waals surface area contributed by atoms with Crippen LogP contribution in [0.25, 0.3) is 0 Å². The molecule has 0 radical (unpaired) electrons. The highest BCUT2D eigenvalue weighted by Gasteiger charge is 2.34. The van der Waals surface area contributed by atoms with E-state index in [9.17, 15) is 22.8 Å². The number of carbonyl (C=O) groups excluding carboxylic acids is 3. The summed E-state index contributed by atoms with van der Waals surface area (Å²) in [6, 6.07) is 10.6. The van der Waals surface area contributed by atoms with Crippen LogP contribution in [0, 0.1) is 6.92 Å². The van der Waals surface area contributed by atoms with Crippen molar-refractivity contribution in [3.8, 4) is 0 Å². The molecule has 1 aliphatic rings. The summed E-state index contributed by atoms with van der Waals surface area (Å²) in [7, 11) is -0.137. The molecular weight excluding hydrogens is 582 g/mol. The van der Waals surface area contributed by atoms with Crippen molar-refractivity contribution < 1.29 is 22.8 Å². The second-order valence-electron chi connectivity index (χ2n) is 10.0. The minimum absolute atomic E-state index is 0.0254. The van der Waals surface area contributed by atoms with E-state index in [2.05, 4.69) is 26.1 Å². The van der Waals surface area contributed by atoms with Gasteiger partial charge < -0.3 is 20.9 Å². The number of sulfonamides is 1. The lowest BCUT2D eigenvalue weighted by molar-refractivity contribution is -0.111. The van der Waals surface area contributed by atoms with Gasteiger partial charge in [0.25, 0.3) is 11.8 Å². The van der Waals surface area contributed by atoms with Gasteiger partial charge in [-0.2, -0.15) is 9.40 Å². The summed E-state index contributed by atoms with van der Waals surface area (Å²) in [6.07, 6.45) is 4.79. The third-order valence-corrected chi connectivity index (χ3v) is 8.71. The Morgan fingerprint density at radius 3 is 2.64 bits per heavy atom. The standard InChI is InChI=1S/C28H32ClN7O5S/c1-18-7-4-10-22(29)25(18)27(38)33-23-16-30-34-26(23)28(39)32-20-12-14-36(17-20)42(40,41)21-9-5-8-19(15-21)31-24(37)11-6-13-35(2)3/h4-11,15-16,20H,12-14,17H2,1-3H3,(H,30,34)(H,31,37)(H,32,39)(H,33,38)/b11-6+/t20-/m0/s1. The quantitative estimate of drug-likeness (QED) is 0.256. The summed E-state index contributed by atoms with van der Waals surface area (Å²) < 4.78 is 28.0. The van der Waals surface area contributed by atoms with Gasteiger partial charge in [-0.25, -0.2) is 8.42 Å². The summed E-state index contributed by atoms with van der Waals surface area (Å²) >= 11 is 6.19. The van der Waals surface area contributed by atoms with Crippen LogP contribution >= 0.6 is 11.6 Å². The van der Waals surface area contributed by atoms with Gasteiger partial charge in [-0.1, -0.05) is 35.9 Å². The van der Waals surface area contributed by atoms with Crippen LogP contribution < -0.4 is 16.0 Å². The molecule has 0 saturated carbocycles. The van der Waals surface area contributed by atoms with E-state index < -0.39 is 27.9 Å². The average Bonchev–Trinajstić information content (AvgIpc) is 3.58. The van der Waals surface area contributed by atoms with Crippen molar-refractivity contribution in [1.29, 1.82) is 0 Å². The molecule has 0 spiro atoms. The van der Waals surface area contributed by atoms with Crippen molar-refractivity contribution in [2.24, 2.45) is 0 Å². The van der Waals surface area contributed by atoms with E-state index in [1.165, 1.54) is 28.7 Å². The Hall–Kier alpha value is -4.04. The first kappa shape index (κ1) is 30.9. The summed E-state index contributed by atoms with van der Waals surface area (Å²) in [4.78, 5) is 40.0. The maximum Gasteiger partial charge on any atom is 0.271 e. The zero-order chi connectivity index (χ0) is 30.4. The number of rotatable bonds is 10. The Morgan fingerprint density at radius 1 is 1.14 bits per heavy atom. The van der Waals surface area contributed by atoms with Crippen LogP contribution in [0.4, 0.5) is 11.4 Å². The molecule has 42 heavy (non-hydrogen) atoms. The van der Waals surface area contributed by atoms with Gasteiger partial charge in [-0.15, -0.1) is 0 Å². The number of H-pyrrole nitrogens is 1. The molecule has 2 aromatic carbocycles. The number of nitrogens with one attached hydrogen (secondary N) is 4. The molecule has 4 rings (SSSR count). The molecule has 2 heterocycles. The van der Waals surface area contributed by atoms with Gasteiger partial charge in [0, 0.05) is 37.4 Å². The molecule has 1 fully saturated rings. The molecule has 0 aliphatic carbocycles. The first-order valence-corrected chi connectivity index (χ1v) is 14.9. The number of aromatic nitrogens is 2. The maximum absolute atomic E-state index is 13.4. The normalized spacial score (nSPS) is 15.7. The summed E-state index contributed by atoms with van der Waals surface area (Å²) in [5.41, 5.74) is 1.49.